The van der Waals surface area contributed by atoms with Crippen LogP contribution in [0.3, 0.4) is 0 Å². The molecule has 0 bridgehead atoms. The second-order valence-electron chi connectivity index (χ2n) is 5.69. The van der Waals surface area contributed by atoms with Crippen LogP contribution < -0.4 is 10.1 Å². The third kappa shape index (κ3) is 3.37. The van der Waals surface area contributed by atoms with Crippen LogP contribution in [0.1, 0.15) is 17.4 Å². The van der Waals surface area contributed by atoms with Crippen LogP contribution >= 0.6 is 0 Å². The number of aromatic nitrogens is 1. The molecule has 1 aromatic carbocycles. The van der Waals surface area contributed by atoms with Gasteiger partial charge in [-0.05, 0) is 42.8 Å². The standard InChI is InChI=1S/C21H20N2O3/c1-3-12-22-21(25)20(24)19-18(14-16-7-5-6-13-23(16)19)15-8-10-17(11-9-15)26-4-2/h3,5-11,13-14H,1,4,12H2,2H3,(H,22,25). The summed E-state index contributed by atoms with van der Waals surface area (Å²) in [4.78, 5) is 25.0. The van der Waals surface area contributed by atoms with Crippen molar-refractivity contribution in [3.63, 3.8) is 0 Å². The van der Waals surface area contributed by atoms with Gasteiger partial charge in [0.2, 0.25) is 0 Å². The van der Waals surface area contributed by atoms with Gasteiger partial charge in [0, 0.05) is 23.8 Å². The lowest BCUT2D eigenvalue weighted by atomic mass is 10.0. The van der Waals surface area contributed by atoms with Crippen LogP contribution in [-0.2, 0) is 4.79 Å². The highest BCUT2D eigenvalue weighted by atomic mass is 16.5. The second kappa shape index (κ2) is 7.70. The van der Waals surface area contributed by atoms with Crippen molar-refractivity contribution in [2.45, 2.75) is 6.92 Å². The number of ketones is 1. The minimum atomic E-state index is -0.652. The number of benzene rings is 1. The van der Waals surface area contributed by atoms with Crippen LogP contribution in [0.25, 0.3) is 16.6 Å². The highest BCUT2D eigenvalue weighted by Crippen LogP contribution is 2.29. The highest BCUT2D eigenvalue weighted by molar-refractivity contribution is 6.43. The molecule has 0 aliphatic heterocycles. The molecule has 1 amide bonds. The molecule has 0 unspecified atom stereocenters. The number of nitrogens with zero attached hydrogens (tertiary/aromatic N) is 1. The molecule has 5 nitrogen and oxygen atoms in total. The SMILES string of the molecule is C=CCNC(=O)C(=O)c1c(-c2ccc(OCC)cc2)cc2ccccn12. The van der Waals surface area contributed by atoms with Crippen LogP contribution in [0.2, 0.25) is 0 Å². The van der Waals surface area contributed by atoms with Gasteiger partial charge >= 0.3 is 0 Å². The van der Waals surface area contributed by atoms with Crippen LogP contribution in [0.4, 0.5) is 0 Å². The normalized spacial score (nSPS) is 10.5. The molecule has 0 spiro atoms. The van der Waals surface area contributed by atoms with E-state index >= 15 is 0 Å². The first-order valence-electron chi connectivity index (χ1n) is 8.42. The number of carbonyl (C=O) groups is 2. The van der Waals surface area contributed by atoms with Gasteiger partial charge in [0.05, 0.1) is 6.61 Å². The maximum absolute atomic E-state index is 12.8. The topological polar surface area (TPSA) is 59.8 Å². The average molecular weight is 348 g/mol. The monoisotopic (exact) mass is 348 g/mol. The molecule has 1 N–H and O–H groups in total. The fraction of sp³-hybridized carbons (Fsp3) is 0.143. The van der Waals surface area contributed by atoms with Crippen molar-refractivity contribution in [3.05, 3.63) is 73.1 Å². The molecule has 2 aromatic heterocycles. The van der Waals surface area contributed by atoms with E-state index in [9.17, 15) is 9.59 Å². The molecular formula is C21H20N2O3. The lowest BCUT2D eigenvalue weighted by Gasteiger charge is -2.08. The van der Waals surface area contributed by atoms with Crippen LogP contribution in [-0.4, -0.2) is 29.2 Å². The highest BCUT2D eigenvalue weighted by Gasteiger charge is 2.24. The van der Waals surface area contributed by atoms with Gasteiger partial charge in [-0.25, -0.2) is 0 Å². The number of rotatable bonds is 7. The minimum absolute atomic E-state index is 0.242. The number of fused-ring (bicyclic) bond motifs is 1. The summed E-state index contributed by atoms with van der Waals surface area (Å²) in [6.07, 6.45) is 3.32. The van der Waals surface area contributed by atoms with Gasteiger partial charge in [-0.15, -0.1) is 6.58 Å². The Kier molecular flexibility index (Phi) is 5.17. The number of amides is 1. The number of Topliss-reactive ketones (excluding diaryl/α,β-unsaturated/α-hetero) is 1. The quantitative estimate of drug-likeness (QED) is 0.404. The summed E-state index contributed by atoms with van der Waals surface area (Å²) in [6.45, 7) is 6.30. The van der Waals surface area contributed by atoms with Gasteiger partial charge < -0.3 is 14.5 Å². The van der Waals surface area contributed by atoms with Crippen LogP contribution in [0.15, 0.2) is 67.4 Å². The Balaban J connectivity index is 2.08. The fourth-order valence-electron chi connectivity index (χ4n) is 2.83. The fourth-order valence-corrected chi connectivity index (χ4v) is 2.83. The van der Waals surface area contributed by atoms with Gasteiger partial charge in [-0.2, -0.15) is 0 Å². The Morgan fingerprint density at radius 1 is 1.19 bits per heavy atom. The maximum Gasteiger partial charge on any atom is 0.294 e. The van der Waals surface area contributed by atoms with Gasteiger partial charge in [0.15, 0.2) is 0 Å². The number of hydrogen-bond donors (Lipinski definition) is 1. The molecule has 132 valence electrons. The van der Waals surface area contributed by atoms with Crippen LogP contribution in [0.5, 0.6) is 5.75 Å². The van der Waals surface area contributed by atoms with Crippen molar-refractivity contribution in [1.82, 2.24) is 9.72 Å². The Morgan fingerprint density at radius 3 is 2.65 bits per heavy atom. The molecule has 3 rings (SSSR count). The predicted molar refractivity (Wildman–Crippen MR) is 102 cm³/mol. The average Bonchev–Trinajstić information content (AvgIpc) is 3.05. The van der Waals surface area contributed by atoms with E-state index < -0.39 is 11.7 Å². The summed E-state index contributed by atoms with van der Waals surface area (Å²) in [6, 6.07) is 15.0. The lowest BCUT2D eigenvalue weighted by Crippen LogP contribution is -2.32. The Bertz CT molecular complexity index is 955. The summed E-state index contributed by atoms with van der Waals surface area (Å²) < 4.78 is 7.21. The van der Waals surface area contributed by atoms with Crippen LogP contribution in [0, 0.1) is 0 Å². The zero-order valence-electron chi connectivity index (χ0n) is 14.6. The summed E-state index contributed by atoms with van der Waals surface area (Å²) in [7, 11) is 0. The van der Waals surface area contributed by atoms with E-state index in [4.69, 9.17) is 4.74 Å². The maximum atomic E-state index is 12.8. The van der Waals surface area contributed by atoms with E-state index in [1.54, 1.807) is 10.6 Å². The molecule has 0 radical (unpaired) electrons. The van der Waals surface area contributed by atoms with Gasteiger partial charge in [-0.3, -0.25) is 9.59 Å². The van der Waals surface area contributed by atoms with Crippen molar-refractivity contribution in [2.24, 2.45) is 0 Å². The minimum Gasteiger partial charge on any atom is -0.494 e. The van der Waals surface area contributed by atoms with Gasteiger partial charge in [0.25, 0.3) is 11.7 Å². The van der Waals surface area contributed by atoms with Crippen molar-refractivity contribution in [2.75, 3.05) is 13.2 Å². The molecule has 0 atom stereocenters. The van der Waals surface area contributed by atoms with Crippen molar-refractivity contribution >= 4 is 17.2 Å². The van der Waals surface area contributed by atoms with E-state index in [1.165, 1.54) is 6.08 Å². The van der Waals surface area contributed by atoms with E-state index in [-0.39, 0.29) is 6.54 Å². The smallest absolute Gasteiger partial charge is 0.294 e. The summed E-state index contributed by atoms with van der Waals surface area (Å²) in [5.74, 6) is -0.473. The Hall–Kier alpha value is -3.34. The summed E-state index contributed by atoms with van der Waals surface area (Å²) >= 11 is 0. The summed E-state index contributed by atoms with van der Waals surface area (Å²) in [5, 5.41) is 2.55. The third-order valence-electron chi connectivity index (χ3n) is 3.98. The van der Waals surface area contributed by atoms with Crippen molar-refractivity contribution in [3.8, 4) is 16.9 Å². The zero-order chi connectivity index (χ0) is 18.5. The molecule has 0 fully saturated rings. The molecule has 2 heterocycles. The Morgan fingerprint density at radius 2 is 1.96 bits per heavy atom. The van der Waals surface area contributed by atoms with E-state index in [0.717, 1.165) is 16.8 Å². The van der Waals surface area contributed by atoms with E-state index in [2.05, 4.69) is 11.9 Å². The van der Waals surface area contributed by atoms with E-state index in [0.29, 0.717) is 17.9 Å². The van der Waals surface area contributed by atoms with Gasteiger partial charge in [-0.1, -0.05) is 24.3 Å². The van der Waals surface area contributed by atoms with Gasteiger partial charge in [0.1, 0.15) is 11.4 Å². The number of carbonyl (C=O) groups excluding carboxylic acids is 2. The molecule has 3 aromatic rings. The number of nitrogens with one attached hydrogen (secondary N) is 1. The molecule has 0 aliphatic rings. The molecule has 0 aliphatic carbocycles. The largest absolute Gasteiger partial charge is 0.494 e. The van der Waals surface area contributed by atoms with Crippen molar-refractivity contribution in [1.29, 1.82) is 0 Å². The lowest BCUT2D eigenvalue weighted by molar-refractivity contribution is -0.116. The number of hydrogen-bond acceptors (Lipinski definition) is 3. The first-order valence-corrected chi connectivity index (χ1v) is 8.42. The van der Waals surface area contributed by atoms with Crippen molar-refractivity contribution < 1.29 is 14.3 Å². The number of pyridine rings is 1. The molecule has 5 heteroatoms. The van der Waals surface area contributed by atoms with E-state index in [1.807, 2.05) is 55.5 Å². The first-order chi connectivity index (χ1) is 12.7. The molecular weight excluding hydrogens is 328 g/mol. The predicted octanol–water partition coefficient (Wildman–Crippen LogP) is 3.49. The number of ether oxygens (including phenoxy) is 1. The summed E-state index contributed by atoms with van der Waals surface area (Å²) in [5.41, 5.74) is 2.73. The molecule has 0 saturated carbocycles. The molecule has 26 heavy (non-hydrogen) atoms. The zero-order valence-corrected chi connectivity index (χ0v) is 14.6. The third-order valence-corrected chi connectivity index (χ3v) is 3.98. The molecule has 0 saturated heterocycles. The Labute approximate surface area is 151 Å². The first kappa shape index (κ1) is 17.5. The second-order valence-corrected chi connectivity index (χ2v) is 5.69.